The number of aliphatic hydroxyl groups is 1. The van der Waals surface area contributed by atoms with Crippen LogP contribution in [0, 0.1) is 13.8 Å². The van der Waals surface area contributed by atoms with Gasteiger partial charge in [-0.25, -0.2) is 0 Å². The van der Waals surface area contributed by atoms with Gasteiger partial charge in [0, 0.05) is 11.6 Å². The van der Waals surface area contributed by atoms with Crippen LogP contribution in [0.3, 0.4) is 0 Å². The highest BCUT2D eigenvalue weighted by molar-refractivity contribution is 6.32. The molecule has 0 aliphatic carbocycles. The molecule has 0 bridgehead atoms. The number of halogens is 1. The molecule has 134 valence electrons. The van der Waals surface area contributed by atoms with Crippen LogP contribution in [0.25, 0.3) is 0 Å². The van der Waals surface area contributed by atoms with Crippen molar-refractivity contribution in [3.8, 4) is 5.75 Å². The molecule has 0 spiro atoms. The summed E-state index contributed by atoms with van der Waals surface area (Å²) in [6, 6.07) is 11.1. The van der Waals surface area contributed by atoms with Crippen molar-refractivity contribution >= 4 is 17.5 Å². The van der Waals surface area contributed by atoms with Crippen LogP contribution in [0.5, 0.6) is 5.75 Å². The van der Waals surface area contributed by atoms with Crippen molar-refractivity contribution in [1.82, 2.24) is 5.32 Å². The number of carbonyl (C=O) groups is 1. The van der Waals surface area contributed by atoms with Gasteiger partial charge in [-0.05, 0) is 62.1 Å². The number of ether oxygens (including phenoxy) is 1. The van der Waals surface area contributed by atoms with Gasteiger partial charge in [-0.3, -0.25) is 4.79 Å². The second-order valence-corrected chi connectivity index (χ2v) is 7.07. The molecule has 0 unspecified atom stereocenters. The molecule has 5 heteroatoms. The number of nitrogens with one attached hydrogen (secondary N) is 1. The van der Waals surface area contributed by atoms with Crippen molar-refractivity contribution in [2.45, 2.75) is 39.8 Å². The van der Waals surface area contributed by atoms with E-state index in [2.05, 4.69) is 5.32 Å². The smallest absolute Gasteiger partial charge is 0.258 e. The number of hydrogen-bond acceptors (Lipinski definition) is 3. The summed E-state index contributed by atoms with van der Waals surface area (Å²) in [5.41, 5.74) is 2.76. The first-order chi connectivity index (χ1) is 11.7. The zero-order valence-corrected chi connectivity index (χ0v) is 15.8. The SMILES string of the molecule is Cc1cc(OCC(=O)NCc2ccc(C(C)(C)O)cc2)cc(C)c1Cl. The molecule has 2 aromatic carbocycles. The van der Waals surface area contributed by atoms with Crippen molar-refractivity contribution in [3.05, 3.63) is 63.7 Å². The Kier molecular flexibility index (Phi) is 6.09. The molecule has 0 aromatic heterocycles. The first kappa shape index (κ1) is 19.3. The number of hydrogen-bond donors (Lipinski definition) is 2. The molecule has 25 heavy (non-hydrogen) atoms. The largest absolute Gasteiger partial charge is 0.484 e. The number of carbonyl (C=O) groups excluding carboxylic acids is 1. The lowest BCUT2D eigenvalue weighted by Crippen LogP contribution is -2.28. The van der Waals surface area contributed by atoms with E-state index in [1.165, 1.54) is 0 Å². The van der Waals surface area contributed by atoms with Crippen LogP contribution in [0.4, 0.5) is 0 Å². The molecule has 0 aliphatic rings. The monoisotopic (exact) mass is 361 g/mol. The van der Waals surface area contributed by atoms with Gasteiger partial charge in [0.1, 0.15) is 5.75 Å². The molecule has 0 aliphatic heterocycles. The van der Waals surface area contributed by atoms with Crippen LogP contribution in [0.15, 0.2) is 36.4 Å². The normalized spacial score (nSPS) is 11.3. The molecule has 0 radical (unpaired) electrons. The first-order valence-electron chi connectivity index (χ1n) is 8.15. The Balaban J connectivity index is 1.85. The minimum Gasteiger partial charge on any atom is -0.484 e. The number of amides is 1. The van der Waals surface area contributed by atoms with E-state index in [-0.39, 0.29) is 12.5 Å². The van der Waals surface area contributed by atoms with Gasteiger partial charge in [0.05, 0.1) is 5.60 Å². The summed E-state index contributed by atoms with van der Waals surface area (Å²) >= 11 is 6.12. The molecule has 1 amide bonds. The van der Waals surface area contributed by atoms with Gasteiger partial charge in [-0.1, -0.05) is 35.9 Å². The zero-order valence-electron chi connectivity index (χ0n) is 15.0. The first-order valence-corrected chi connectivity index (χ1v) is 8.52. The molecule has 0 fully saturated rings. The van der Waals surface area contributed by atoms with Gasteiger partial charge >= 0.3 is 0 Å². The molecule has 4 nitrogen and oxygen atoms in total. The van der Waals surface area contributed by atoms with Gasteiger partial charge in [0.15, 0.2) is 6.61 Å². The van der Waals surface area contributed by atoms with Gasteiger partial charge in [0.25, 0.3) is 5.91 Å². The summed E-state index contributed by atoms with van der Waals surface area (Å²) in [5.74, 6) is 0.431. The maximum atomic E-state index is 12.0. The Morgan fingerprint density at radius 1 is 1.16 bits per heavy atom. The van der Waals surface area contributed by atoms with E-state index in [0.717, 1.165) is 22.3 Å². The topological polar surface area (TPSA) is 58.6 Å². The molecule has 0 atom stereocenters. The summed E-state index contributed by atoms with van der Waals surface area (Å²) in [5, 5.41) is 13.5. The highest BCUT2D eigenvalue weighted by Gasteiger charge is 2.15. The van der Waals surface area contributed by atoms with Gasteiger partial charge in [-0.15, -0.1) is 0 Å². The minimum atomic E-state index is -0.871. The predicted octanol–water partition coefficient (Wildman–Crippen LogP) is 3.88. The summed E-state index contributed by atoms with van der Waals surface area (Å²) in [7, 11) is 0. The van der Waals surface area contributed by atoms with Gasteiger partial charge in [0.2, 0.25) is 0 Å². The fraction of sp³-hybridized carbons (Fsp3) is 0.350. The highest BCUT2D eigenvalue weighted by atomic mass is 35.5. The van der Waals surface area contributed by atoms with E-state index in [1.54, 1.807) is 13.8 Å². The van der Waals surface area contributed by atoms with E-state index in [1.807, 2.05) is 50.2 Å². The van der Waals surface area contributed by atoms with E-state index in [0.29, 0.717) is 17.3 Å². The molecule has 0 saturated carbocycles. The van der Waals surface area contributed by atoms with Gasteiger partial charge in [-0.2, -0.15) is 0 Å². The van der Waals surface area contributed by atoms with Crippen LogP contribution in [0.1, 0.15) is 36.1 Å². The summed E-state index contributed by atoms with van der Waals surface area (Å²) < 4.78 is 5.53. The van der Waals surface area contributed by atoms with E-state index in [9.17, 15) is 9.90 Å². The third kappa shape index (κ3) is 5.48. The Hall–Kier alpha value is -2.04. The molecule has 0 saturated heterocycles. The maximum absolute atomic E-state index is 12.0. The van der Waals surface area contributed by atoms with E-state index >= 15 is 0 Å². The fourth-order valence-electron chi connectivity index (χ4n) is 2.42. The van der Waals surface area contributed by atoms with Crippen LogP contribution in [-0.4, -0.2) is 17.6 Å². The lowest BCUT2D eigenvalue weighted by atomic mass is 9.97. The molecule has 2 aromatic rings. The number of rotatable bonds is 6. The van der Waals surface area contributed by atoms with E-state index in [4.69, 9.17) is 16.3 Å². The summed E-state index contributed by atoms with van der Waals surface area (Å²) in [6.45, 7) is 7.64. The Morgan fingerprint density at radius 2 is 1.72 bits per heavy atom. The number of aryl methyl sites for hydroxylation is 2. The average molecular weight is 362 g/mol. The lowest BCUT2D eigenvalue weighted by Gasteiger charge is -2.18. The summed E-state index contributed by atoms with van der Waals surface area (Å²) in [4.78, 5) is 12.0. The molecular weight excluding hydrogens is 338 g/mol. The van der Waals surface area contributed by atoms with Crippen LogP contribution in [0.2, 0.25) is 5.02 Å². The van der Waals surface area contributed by atoms with Crippen LogP contribution in [-0.2, 0) is 16.9 Å². The molecule has 2 N–H and O–H groups in total. The molecule has 2 rings (SSSR count). The fourth-order valence-corrected chi connectivity index (χ4v) is 2.53. The Labute approximate surface area is 153 Å². The Bertz CT molecular complexity index is 726. The second-order valence-electron chi connectivity index (χ2n) is 6.69. The Morgan fingerprint density at radius 3 is 2.24 bits per heavy atom. The van der Waals surface area contributed by atoms with Gasteiger partial charge < -0.3 is 15.2 Å². The summed E-state index contributed by atoms with van der Waals surface area (Å²) in [6.07, 6.45) is 0. The van der Waals surface area contributed by atoms with Crippen molar-refractivity contribution in [1.29, 1.82) is 0 Å². The second kappa shape index (κ2) is 7.89. The highest BCUT2D eigenvalue weighted by Crippen LogP contribution is 2.25. The number of benzene rings is 2. The molecular formula is C20H24ClNO3. The lowest BCUT2D eigenvalue weighted by molar-refractivity contribution is -0.123. The predicted molar refractivity (Wildman–Crippen MR) is 100.0 cm³/mol. The zero-order chi connectivity index (χ0) is 18.6. The maximum Gasteiger partial charge on any atom is 0.258 e. The van der Waals surface area contributed by atoms with Crippen molar-refractivity contribution < 1.29 is 14.6 Å². The van der Waals surface area contributed by atoms with Crippen molar-refractivity contribution in [2.24, 2.45) is 0 Å². The van der Waals surface area contributed by atoms with Crippen LogP contribution < -0.4 is 10.1 Å². The minimum absolute atomic E-state index is 0.0533. The van der Waals surface area contributed by atoms with E-state index < -0.39 is 5.60 Å². The van der Waals surface area contributed by atoms with Crippen molar-refractivity contribution in [2.75, 3.05) is 6.61 Å². The van der Waals surface area contributed by atoms with Crippen LogP contribution >= 0.6 is 11.6 Å². The quantitative estimate of drug-likeness (QED) is 0.820. The standard InChI is InChI=1S/C20H24ClNO3/c1-13-9-17(10-14(2)19(13)21)25-12-18(23)22-11-15-5-7-16(8-6-15)20(3,4)24/h5-10,24H,11-12H2,1-4H3,(H,22,23). The average Bonchev–Trinajstić information content (AvgIpc) is 2.55. The van der Waals surface area contributed by atoms with Crippen molar-refractivity contribution in [3.63, 3.8) is 0 Å². The third-order valence-electron chi connectivity index (χ3n) is 3.93. The third-order valence-corrected chi connectivity index (χ3v) is 4.53. The molecule has 0 heterocycles.